The van der Waals surface area contributed by atoms with E-state index >= 15 is 0 Å². The Labute approximate surface area is 236 Å². The van der Waals surface area contributed by atoms with Gasteiger partial charge in [-0.15, -0.1) is 0 Å². The molecule has 210 valence electrons. The van der Waals surface area contributed by atoms with Crippen molar-refractivity contribution in [3.05, 3.63) is 75.9 Å². The number of fused-ring (bicyclic) bond motifs is 1. The predicted molar refractivity (Wildman–Crippen MR) is 151 cm³/mol. The van der Waals surface area contributed by atoms with Gasteiger partial charge in [-0.1, -0.05) is 48.9 Å². The van der Waals surface area contributed by atoms with Gasteiger partial charge >= 0.3 is 0 Å². The van der Waals surface area contributed by atoms with Crippen LogP contribution in [0.3, 0.4) is 0 Å². The zero-order valence-corrected chi connectivity index (χ0v) is 23.5. The van der Waals surface area contributed by atoms with Gasteiger partial charge in [-0.05, 0) is 42.5 Å². The molecule has 1 saturated heterocycles. The van der Waals surface area contributed by atoms with E-state index in [2.05, 4.69) is 10.1 Å². The van der Waals surface area contributed by atoms with Crippen LogP contribution in [0.15, 0.2) is 59.7 Å². The number of hydrogen-bond donors (Lipinski definition) is 1. The van der Waals surface area contributed by atoms with Gasteiger partial charge in [0.05, 0.1) is 26.4 Å². The van der Waals surface area contributed by atoms with Gasteiger partial charge in [-0.3, -0.25) is 14.2 Å². The normalized spacial score (nSPS) is 15.7. The summed E-state index contributed by atoms with van der Waals surface area (Å²) in [6.45, 7) is 2.91. The number of benzene rings is 2. The van der Waals surface area contributed by atoms with Crippen molar-refractivity contribution in [3.8, 4) is 22.8 Å². The number of hydrogen-bond acceptors (Lipinski definition) is 7. The van der Waals surface area contributed by atoms with Crippen LogP contribution in [0.2, 0.25) is 5.15 Å². The summed E-state index contributed by atoms with van der Waals surface area (Å²) < 4.78 is 13.4. The first-order valence-corrected chi connectivity index (χ1v) is 13.5. The number of carbonyl (C=O) groups excluding carboxylic acids is 1. The first-order chi connectivity index (χ1) is 19.2. The highest BCUT2D eigenvalue weighted by molar-refractivity contribution is 6.32. The van der Waals surface area contributed by atoms with Gasteiger partial charge in [0, 0.05) is 25.1 Å². The van der Waals surface area contributed by atoms with E-state index in [0.29, 0.717) is 55.1 Å². The second kappa shape index (κ2) is 11.3. The third kappa shape index (κ3) is 5.41. The molecule has 0 bridgehead atoms. The Morgan fingerprint density at radius 3 is 2.48 bits per heavy atom. The molecule has 2 aromatic carbocycles. The molecule has 1 fully saturated rings. The molecule has 0 radical (unpaired) electrons. The quantitative estimate of drug-likeness (QED) is 0.346. The van der Waals surface area contributed by atoms with Crippen molar-refractivity contribution in [1.29, 1.82) is 0 Å². The summed E-state index contributed by atoms with van der Waals surface area (Å²) in [4.78, 5) is 32.3. The highest BCUT2D eigenvalue weighted by Gasteiger charge is 2.35. The minimum absolute atomic E-state index is 0.0357. The maximum absolute atomic E-state index is 13.4. The van der Waals surface area contributed by atoms with Crippen LogP contribution in [0.5, 0.6) is 11.5 Å². The van der Waals surface area contributed by atoms with Crippen molar-refractivity contribution in [2.75, 3.05) is 27.3 Å². The number of amides is 1. The van der Waals surface area contributed by atoms with Crippen LogP contribution in [0.25, 0.3) is 16.9 Å². The minimum Gasteiger partial charge on any atom is -0.493 e. The molecule has 0 unspecified atom stereocenters. The van der Waals surface area contributed by atoms with Gasteiger partial charge in [0.1, 0.15) is 12.0 Å². The largest absolute Gasteiger partial charge is 0.493 e. The summed E-state index contributed by atoms with van der Waals surface area (Å²) in [6, 6.07) is 15.2. The Balaban J connectivity index is 1.30. The molecule has 1 aliphatic rings. The van der Waals surface area contributed by atoms with Crippen molar-refractivity contribution in [1.82, 2.24) is 24.1 Å². The number of likely N-dealkylation sites (tertiary alicyclic amines) is 1. The predicted octanol–water partition coefficient (Wildman–Crippen LogP) is 3.78. The van der Waals surface area contributed by atoms with Crippen molar-refractivity contribution in [2.24, 2.45) is 0 Å². The Morgan fingerprint density at radius 2 is 1.80 bits per heavy atom. The molecule has 11 heteroatoms. The van der Waals surface area contributed by atoms with Gasteiger partial charge in [0.15, 0.2) is 16.7 Å². The van der Waals surface area contributed by atoms with E-state index in [1.165, 1.54) is 22.5 Å². The first-order valence-electron chi connectivity index (χ1n) is 13.1. The summed E-state index contributed by atoms with van der Waals surface area (Å²) in [5.41, 5.74) is 0.679. The smallest absolute Gasteiger partial charge is 0.297 e. The van der Waals surface area contributed by atoms with E-state index in [-0.39, 0.29) is 29.2 Å². The fourth-order valence-corrected chi connectivity index (χ4v) is 5.48. The number of halogens is 1. The van der Waals surface area contributed by atoms with Gasteiger partial charge in [0.2, 0.25) is 11.6 Å². The number of nitrogens with zero attached hydrogens (tertiary/aromatic N) is 5. The van der Waals surface area contributed by atoms with Crippen LogP contribution in [0.4, 0.5) is 0 Å². The number of methoxy groups -OCH3 is 2. The number of imidazole rings is 1. The average molecular weight is 566 g/mol. The van der Waals surface area contributed by atoms with E-state index < -0.39 is 11.2 Å². The van der Waals surface area contributed by atoms with Crippen LogP contribution < -0.4 is 15.0 Å². The van der Waals surface area contributed by atoms with Gasteiger partial charge in [0.25, 0.3) is 5.56 Å². The lowest BCUT2D eigenvalue weighted by Gasteiger charge is -2.38. The molecule has 1 atom stereocenters. The van der Waals surface area contributed by atoms with Gasteiger partial charge in [-0.2, -0.15) is 5.10 Å². The number of ether oxygens (including phenoxy) is 2. The topological polar surface area (TPSA) is 111 Å². The van der Waals surface area contributed by atoms with E-state index in [1.807, 2.05) is 37.3 Å². The van der Waals surface area contributed by atoms with E-state index in [1.54, 1.807) is 30.2 Å². The average Bonchev–Trinajstić information content (AvgIpc) is 3.31. The lowest BCUT2D eigenvalue weighted by molar-refractivity contribution is -0.136. The molecule has 3 heterocycles. The highest BCUT2D eigenvalue weighted by atomic mass is 35.5. The number of aromatic nitrogens is 4. The minimum atomic E-state index is -1.16. The molecular formula is C29H32ClN5O5. The summed E-state index contributed by atoms with van der Waals surface area (Å²) in [5, 5.41) is 15.9. The SMILES string of the molecule is COc1ccc(-c2c(Cl)nc3c(=O)n(CC4(O)CCN(C(=O)C[C@@H](C)c5ccccc5)CC4)cnn23)cc1OC. The van der Waals surface area contributed by atoms with Crippen molar-refractivity contribution in [2.45, 2.75) is 44.2 Å². The maximum Gasteiger partial charge on any atom is 0.297 e. The highest BCUT2D eigenvalue weighted by Crippen LogP contribution is 2.35. The molecule has 1 N–H and O–H groups in total. The Bertz CT molecular complexity index is 1580. The summed E-state index contributed by atoms with van der Waals surface area (Å²) >= 11 is 6.46. The fourth-order valence-electron chi connectivity index (χ4n) is 5.21. The maximum atomic E-state index is 13.4. The lowest BCUT2D eigenvalue weighted by atomic mass is 9.90. The molecule has 0 saturated carbocycles. The Kier molecular flexibility index (Phi) is 7.82. The molecule has 5 rings (SSSR count). The summed E-state index contributed by atoms with van der Waals surface area (Å²) in [5.74, 6) is 1.23. The summed E-state index contributed by atoms with van der Waals surface area (Å²) in [6.07, 6.45) is 2.49. The van der Waals surface area contributed by atoms with Crippen LogP contribution in [0.1, 0.15) is 37.7 Å². The van der Waals surface area contributed by atoms with E-state index in [9.17, 15) is 14.7 Å². The second-order valence-electron chi connectivity index (χ2n) is 10.2. The van der Waals surface area contributed by atoms with Crippen LogP contribution in [-0.2, 0) is 11.3 Å². The summed E-state index contributed by atoms with van der Waals surface area (Å²) in [7, 11) is 3.08. The first kappa shape index (κ1) is 27.7. The second-order valence-corrected chi connectivity index (χ2v) is 10.6. The Morgan fingerprint density at radius 1 is 1.10 bits per heavy atom. The number of aliphatic hydroxyl groups is 1. The molecular weight excluding hydrogens is 534 g/mol. The van der Waals surface area contributed by atoms with Crippen molar-refractivity contribution in [3.63, 3.8) is 0 Å². The van der Waals surface area contributed by atoms with Crippen molar-refractivity contribution >= 4 is 23.2 Å². The van der Waals surface area contributed by atoms with Crippen molar-refractivity contribution < 1.29 is 19.4 Å². The number of carbonyl (C=O) groups is 1. The third-order valence-electron chi connectivity index (χ3n) is 7.59. The molecule has 0 aliphatic carbocycles. The molecule has 1 aliphatic heterocycles. The lowest BCUT2D eigenvalue weighted by Crippen LogP contribution is -2.50. The van der Waals surface area contributed by atoms with Crippen LogP contribution in [0, 0.1) is 0 Å². The third-order valence-corrected chi connectivity index (χ3v) is 7.85. The van der Waals surface area contributed by atoms with Gasteiger partial charge in [-0.25, -0.2) is 9.50 Å². The fraction of sp³-hybridized carbons (Fsp3) is 0.379. The molecule has 10 nitrogen and oxygen atoms in total. The Hall–Kier alpha value is -3.89. The molecule has 4 aromatic rings. The monoisotopic (exact) mass is 565 g/mol. The molecule has 40 heavy (non-hydrogen) atoms. The van der Waals surface area contributed by atoms with E-state index in [4.69, 9.17) is 21.1 Å². The zero-order chi connectivity index (χ0) is 28.4. The number of rotatable bonds is 8. The molecule has 2 aromatic heterocycles. The number of piperidine rings is 1. The van der Waals surface area contributed by atoms with Gasteiger partial charge < -0.3 is 19.5 Å². The van der Waals surface area contributed by atoms with Crippen LogP contribution in [-0.4, -0.2) is 68.0 Å². The van der Waals surface area contributed by atoms with Crippen LogP contribution >= 0.6 is 11.6 Å². The standard InChI is InChI=1S/C29H32ClN5O5/c1-19(20-7-5-4-6-8-20)15-24(36)33-13-11-29(38,12-14-33)17-34-18-31-35-25(26(30)32-27(35)28(34)37)21-9-10-22(39-2)23(16-21)40-3/h4-10,16,18-19,38H,11-15,17H2,1-3H3/t19-/m1/s1. The molecule has 0 spiro atoms. The molecule has 1 amide bonds. The van der Waals surface area contributed by atoms with E-state index in [0.717, 1.165) is 5.56 Å². The zero-order valence-electron chi connectivity index (χ0n) is 22.7.